The SMILES string of the molecule is [3H]c1cc(N=C=S)ccc1C=CC1C=CC(N=C=S)=C(S(=O)(=O)O)C1([3H])S(=O)(=O)O. The summed E-state index contributed by atoms with van der Waals surface area (Å²) >= 11 is 8.86. The van der Waals surface area contributed by atoms with Gasteiger partial charge in [0, 0.05) is 5.92 Å². The lowest BCUT2D eigenvalue weighted by molar-refractivity contribution is 0.457. The number of allylic oxidation sites excluding steroid dienone is 3. The summed E-state index contributed by atoms with van der Waals surface area (Å²) in [5, 5.41) is 0.707. The van der Waals surface area contributed by atoms with Crippen molar-refractivity contribution in [1.82, 2.24) is 0 Å². The van der Waals surface area contributed by atoms with E-state index >= 15 is 0 Å². The van der Waals surface area contributed by atoms with E-state index in [1.54, 1.807) is 0 Å². The molecule has 0 fully saturated rings. The summed E-state index contributed by atoms with van der Waals surface area (Å²) in [6.45, 7) is 0. The van der Waals surface area contributed by atoms with Gasteiger partial charge >= 0.3 is 0 Å². The molecule has 1 aliphatic rings. The minimum absolute atomic E-state index is 0.0310. The van der Waals surface area contributed by atoms with E-state index in [4.69, 9.17) is 2.74 Å². The van der Waals surface area contributed by atoms with Crippen LogP contribution in [0.3, 0.4) is 0 Å². The van der Waals surface area contributed by atoms with Crippen LogP contribution in [0.15, 0.2) is 63.1 Å². The van der Waals surface area contributed by atoms with Gasteiger partial charge in [-0.1, -0.05) is 30.3 Å². The zero-order valence-corrected chi connectivity index (χ0v) is 16.9. The van der Waals surface area contributed by atoms with Crippen molar-refractivity contribution in [2.24, 2.45) is 15.9 Å². The molecule has 146 valence electrons. The van der Waals surface area contributed by atoms with E-state index in [0.29, 0.717) is 5.69 Å². The molecule has 0 amide bonds. The lowest BCUT2D eigenvalue weighted by Crippen LogP contribution is -2.35. The molecule has 0 saturated carbocycles. The highest BCUT2D eigenvalue weighted by Gasteiger charge is 2.42. The average Bonchev–Trinajstić information content (AvgIpc) is 2.61. The molecule has 0 spiro atoms. The van der Waals surface area contributed by atoms with E-state index in [2.05, 4.69) is 39.6 Å². The minimum atomic E-state index is -5.42. The van der Waals surface area contributed by atoms with E-state index in [1.807, 2.05) is 5.16 Å². The zero-order valence-electron chi connectivity index (χ0n) is 15.7. The fourth-order valence-corrected chi connectivity index (χ4v) is 4.78. The molecule has 0 bridgehead atoms. The number of aliphatic imine (C=N–C) groups is 2. The van der Waals surface area contributed by atoms with Gasteiger partial charge < -0.3 is 0 Å². The second-order valence-corrected chi connectivity index (χ2v) is 8.29. The number of thiocarbonyl (C=S) groups is 2. The van der Waals surface area contributed by atoms with Gasteiger partial charge in [-0.2, -0.15) is 26.8 Å². The van der Waals surface area contributed by atoms with Crippen LogP contribution in [0.25, 0.3) is 6.08 Å². The van der Waals surface area contributed by atoms with Gasteiger partial charge in [-0.15, -0.1) is 0 Å². The molecule has 2 N–H and O–H groups in total. The summed E-state index contributed by atoms with van der Waals surface area (Å²) in [6.07, 6.45) is 4.46. The number of benzene rings is 1. The number of nitrogens with zero attached hydrogens (tertiary/aromatic N) is 2. The third kappa shape index (κ3) is 5.44. The predicted octanol–water partition coefficient (Wildman–Crippen LogP) is 3.08. The van der Waals surface area contributed by atoms with Crippen LogP contribution in [-0.4, -0.2) is 41.5 Å². The van der Waals surface area contributed by atoms with E-state index in [0.717, 1.165) is 18.2 Å². The molecule has 0 aliphatic heterocycles. The van der Waals surface area contributed by atoms with Gasteiger partial charge in [-0.25, -0.2) is 0 Å². The molecule has 2 atom stereocenters. The van der Waals surface area contributed by atoms with Crippen LogP contribution in [-0.2, 0) is 20.2 Å². The summed E-state index contributed by atoms with van der Waals surface area (Å²) in [5.74, 6) is -1.58. The number of rotatable bonds is 6. The lowest BCUT2D eigenvalue weighted by Gasteiger charge is -2.24. The third-order valence-corrected chi connectivity index (χ3v) is 5.69. The first-order valence-electron chi connectivity index (χ1n) is 8.18. The van der Waals surface area contributed by atoms with Crippen LogP contribution in [0.2, 0.25) is 0 Å². The molecule has 28 heavy (non-hydrogen) atoms. The molecule has 0 saturated heterocycles. The minimum Gasteiger partial charge on any atom is -0.285 e. The molecule has 12 heteroatoms. The Hall–Kier alpha value is -2.14. The van der Waals surface area contributed by atoms with Crippen molar-refractivity contribution in [3.63, 3.8) is 0 Å². The summed E-state index contributed by atoms with van der Waals surface area (Å²) < 4.78 is 83.4. The first-order chi connectivity index (χ1) is 13.9. The predicted molar refractivity (Wildman–Crippen MR) is 112 cm³/mol. The monoisotopic (exact) mass is 460 g/mol. The largest absolute Gasteiger partial charge is 0.294 e. The zero-order chi connectivity index (χ0) is 22.7. The number of hydrogen-bond acceptors (Lipinski definition) is 8. The highest BCUT2D eigenvalue weighted by molar-refractivity contribution is 7.93. The second-order valence-electron chi connectivity index (χ2n) is 5.18. The van der Waals surface area contributed by atoms with Gasteiger partial charge in [0.2, 0.25) is 0 Å². The van der Waals surface area contributed by atoms with E-state index in [9.17, 15) is 25.9 Å². The fourth-order valence-electron chi connectivity index (χ4n) is 2.33. The number of hydrogen-bond donors (Lipinski definition) is 2. The van der Waals surface area contributed by atoms with Crippen LogP contribution in [0, 0.1) is 5.92 Å². The highest BCUT2D eigenvalue weighted by Crippen LogP contribution is 2.34. The smallest absolute Gasteiger partial charge is 0.285 e. The van der Waals surface area contributed by atoms with Gasteiger partial charge in [0.15, 0.2) is 0 Å². The summed E-state index contributed by atoms with van der Waals surface area (Å²) in [4.78, 5) is 5.73. The maximum absolute atomic E-state index is 12.1. The Morgan fingerprint density at radius 1 is 1.14 bits per heavy atom. The summed E-state index contributed by atoms with van der Waals surface area (Å²) in [6, 6.07) is 4.27. The molecule has 1 aromatic carbocycles. The maximum atomic E-state index is 12.1. The molecular formula is C16H12N2O6S4. The normalized spacial score (nSPS) is 23.6. The Labute approximate surface area is 175 Å². The highest BCUT2D eigenvalue weighted by atomic mass is 32.2. The van der Waals surface area contributed by atoms with E-state index < -0.39 is 42.0 Å². The number of isothiocyanates is 2. The lowest BCUT2D eigenvalue weighted by atomic mass is 9.97. The molecule has 1 aromatic rings. The molecule has 0 aromatic heterocycles. The van der Waals surface area contributed by atoms with Crippen molar-refractivity contribution >= 4 is 66.8 Å². The maximum Gasteiger partial charge on any atom is 0.294 e. The van der Waals surface area contributed by atoms with Gasteiger partial charge in [0.1, 0.15) is 10.1 Å². The first kappa shape index (κ1) is 19.2. The van der Waals surface area contributed by atoms with Crippen LogP contribution in [0.5, 0.6) is 0 Å². The Balaban J connectivity index is 2.67. The topological polar surface area (TPSA) is 133 Å². The van der Waals surface area contributed by atoms with Crippen molar-refractivity contribution in [1.29, 1.82) is 0 Å². The van der Waals surface area contributed by atoms with Gasteiger partial charge in [-0.05, 0) is 48.2 Å². The van der Waals surface area contributed by atoms with Crippen molar-refractivity contribution in [3.8, 4) is 0 Å². The first-order valence-corrected chi connectivity index (χ1v) is 10.9. The molecule has 8 nitrogen and oxygen atoms in total. The van der Waals surface area contributed by atoms with Crippen molar-refractivity contribution in [2.75, 3.05) is 0 Å². The van der Waals surface area contributed by atoms with Gasteiger partial charge in [0.25, 0.3) is 20.2 Å². The van der Waals surface area contributed by atoms with Crippen molar-refractivity contribution in [3.05, 3.63) is 58.6 Å². The molecule has 0 radical (unpaired) electrons. The summed E-state index contributed by atoms with van der Waals surface area (Å²) in [5.41, 5.74) is -0.0328. The molecular weight excluding hydrogens is 444 g/mol. The second kappa shape index (κ2) is 8.91. The Kier molecular flexibility index (Phi) is 6.10. The molecule has 2 unspecified atom stereocenters. The van der Waals surface area contributed by atoms with Gasteiger partial charge in [0.05, 0.1) is 24.4 Å². The van der Waals surface area contributed by atoms with Crippen LogP contribution < -0.4 is 0 Å². The van der Waals surface area contributed by atoms with Crippen molar-refractivity contribution < 1.29 is 28.7 Å². The van der Waals surface area contributed by atoms with Crippen molar-refractivity contribution in [2.45, 2.75) is 5.23 Å². The Morgan fingerprint density at radius 2 is 1.82 bits per heavy atom. The third-order valence-electron chi connectivity index (χ3n) is 3.40. The Bertz CT molecular complexity index is 1290. The average molecular weight is 461 g/mol. The fraction of sp³-hybridized carbons (Fsp3) is 0.125. The standard InChI is InChI=1S/C16H12N2O6S4/c19-27(20,21)15-12(4-1-11-2-6-13(7-3-11)17-9-25)5-8-14(18-10-26)16(15)28(22,23)24/h1-8,12,15H,(H,19,20,21)(H,22,23,24)/i2T,15T. The quantitative estimate of drug-likeness (QED) is 0.376. The molecule has 2 rings (SSSR count). The van der Waals surface area contributed by atoms with Gasteiger partial charge in [-0.3, -0.25) is 9.11 Å². The van der Waals surface area contributed by atoms with Crippen LogP contribution >= 0.6 is 24.4 Å². The van der Waals surface area contributed by atoms with E-state index in [1.165, 1.54) is 24.3 Å². The summed E-state index contributed by atoms with van der Waals surface area (Å²) in [7, 11) is -10.7. The Morgan fingerprint density at radius 3 is 2.36 bits per heavy atom. The molecule has 1 aliphatic carbocycles. The van der Waals surface area contributed by atoms with Crippen LogP contribution in [0.1, 0.15) is 8.30 Å². The molecule has 0 heterocycles. The van der Waals surface area contributed by atoms with Crippen LogP contribution in [0.4, 0.5) is 5.69 Å². The van der Waals surface area contributed by atoms with E-state index in [-0.39, 0.29) is 11.6 Å².